The Morgan fingerprint density at radius 2 is 2.22 bits per heavy atom. The quantitative estimate of drug-likeness (QED) is 0.866. The van der Waals surface area contributed by atoms with E-state index >= 15 is 0 Å². The molecule has 1 aliphatic rings. The largest absolute Gasteiger partial charge is 0.384 e. The Morgan fingerprint density at radius 3 is 2.94 bits per heavy atom. The number of hydrogen-bond acceptors (Lipinski definition) is 2. The first kappa shape index (κ1) is 12.9. The molecule has 1 aliphatic heterocycles. The van der Waals surface area contributed by atoms with Gasteiger partial charge in [-0.3, -0.25) is 4.79 Å². The summed E-state index contributed by atoms with van der Waals surface area (Å²) in [6.07, 6.45) is 3.26. The minimum absolute atomic E-state index is 0.155. The lowest BCUT2D eigenvalue weighted by atomic mass is 10.1. The third kappa shape index (κ3) is 2.66. The monoisotopic (exact) mass is 246 g/mol. The first-order valence-corrected chi connectivity index (χ1v) is 6.92. The van der Waals surface area contributed by atoms with Crippen LogP contribution in [0.5, 0.6) is 0 Å². The summed E-state index contributed by atoms with van der Waals surface area (Å²) in [4.78, 5) is 14.3. The molecular formula is C15H22N2O. The lowest BCUT2D eigenvalue weighted by Gasteiger charge is -2.21. The van der Waals surface area contributed by atoms with Crippen LogP contribution >= 0.6 is 0 Å². The number of unbranched alkanes of at least 4 members (excludes halogenated alkanes) is 1. The summed E-state index contributed by atoms with van der Waals surface area (Å²) < 4.78 is 0. The van der Waals surface area contributed by atoms with Gasteiger partial charge >= 0.3 is 0 Å². The third-order valence-electron chi connectivity index (χ3n) is 3.52. The van der Waals surface area contributed by atoms with Gasteiger partial charge in [-0.25, -0.2) is 0 Å². The maximum Gasteiger partial charge on any atom is 0.253 e. The van der Waals surface area contributed by atoms with Crippen LogP contribution in [0.2, 0.25) is 0 Å². The lowest BCUT2D eigenvalue weighted by Crippen LogP contribution is -2.31. The molecule has 0 aliphatic carbocycles. The SMILES string of the molecule is CCCCN(CC)C(=O)c1ccc2c(c1)NCC2. The number of rotatable bonds is 5. The van der Waals surface area contributed by atoms with Crippen molar-refractivity contribution in [1.82, 2.24) is 4.90 Å². The van der Waals surface area contributed by atoms with Crippen LogP contribution in [-0.4, -0.2) is 30.4 Å². The van der Waals surface area contributed by atoms with E-state index in [1.54, 1.807) is 0 Å². The minimum atomic E-state index is 0.155. The van der Waals surface area contributed by atoms with E-state index in [0.717, 1.165) is 50.1 Å². The summed E-state index contributed by atoms with van der Waals surface area (Å²) in [6.45, 7) is 6.82. The standard InChI is InChI=1S/C15H22N2O/c1-3-5-10-17(4-2)15(18)13-7-6-12-8-9-16-14(12)11-13/h6-7,11,16H,3-5,8-10H2,1-2H3. The van der Waals surface area contributed by atoms with Gasteiger partial charge in [0.25, 0.3) is 5.91 Å². The van der Waals surface area contributed by atoms with E-state index in [1.165, 1.54) is 5.56 Å². The van der Waals surface area contributed by atoms with Crippen LogP contribution in [0.1, 0.15) is 42.6 Å². The van der Waals surface area contributed by atoms with Crippen molar-refractivity contribution in [2.24, 2.45) is 0 Å². The molecule has 0 aromatic heterocycles. The zero-order valence-electron chi connectivity index (χ0n) is 11.3. The molecule has 1 aromatic carbocycles. The van der Waals surface area contributed by atoms with Crippen molar-refractivity contribution in [2.45, 2.75) is 33.1 Å². The van der Waals surface area contributed by atoms with Gasteiger partial charge in [-0.1, -0.05) is 19.4 Å². The molecule has 0 radical (unpaired) electrons. The number of fused-ring (bicyclic) bond motifs is 1. The number of carbonyl (C=O) groups excluding carboxylic acids is 1. The van der Waals surface area contributed by atoms with Crippen LogP contribution in [0.4, 0.5) is 5.69 Å². The van der Waals surface area contributed by atoms with Gasteiger partial charge in [-0.2, -0.15) is 0 Å². The molecule has 1 N–H and O–H groups in total. The molecule has 0 bridgehead atoms. The number of hydrogen-bond donors (Lipinski definition) is 1. The predicted octanol–water partition coefficient (Wildman–Crippen LogP) is 2.92. The molecule has 0 fully saturated rings. The molecule has 98 valence electrons. The maximum absolute atomic E-state index is 12.4. The molecule has 0 saturated heterocycles. The Balaban J connectivity index is 2.12. The number of benzene rings is 1. The van der Waals surface area contributed by atoms with Gasteiger partial charge in [0.1, 0.15) is 0 Å². The fraction of sp³-hybridized carbons (Fsp3) is 0.533. The second kappa shape index (κ2) is 5.89. The van der Waals surface area contributed by atoms with E-state index in [9.17, 15) is 4.79 Å². The summed E-state index contributed by atoms with van der Waals surface area (Å²) in [5.41, 5.74) is 3.26. The van der Waals surface area contributed by atoms with Gasteiger partial charge in [0, 0.05) is 30.9 Å². The number of anilines is 1. The van der Waals surface area contributed by atoms with Gasteiger partial charge in [-0.15, -0.1) is 0 Å². The van der Waals surface area contributed by atoms with Gasteiger partial charge in [0.05, 0.1) is 0 Å². The Morgan fingerprint density at radius 1 is 1.39 bits per heavy atom. The first-order valence-electron chi connectivity index (χ1n) is 6.92. The Bertz CT molecular complexity index is 429. The normalized spacial score (nSPS) is 13.0. The molecule has 0 spiro atoms. The van der Waals surface area contributed by atoms with Crippen LogP contribution in [0.25, 0.3) is 0 Å². The number of nitrogens with one attached hydrogen (secondary N) is 1. The number of nitrogens with zero attached hydrogens (tertiary/aromatic N) is 1. The van der Waals surface area contributed by atoms with Crippen molar-refractivity contribution in [3.8, 4) is 0 Å². The molecule has 0 atom stereocenters. The fourth-order valence-electron chi connectivity index (χ4n) is 2.36. The number of amides is 1. The zero-order chi connectivity index (χ0) is 13.0. The molecule has 0 unspecified atom stereocenters. The number of carbonyl (C=O) groups is 1. The van der Waals surface area contributed by atoms with E-state index in [1.807, 2.05) is 24.0 Å². The highest BCUT2D eigenvalue weighted by Crippen LogP contribution is 2.23. The molecule has 1 amide bonds. The highest BCUT2D eigenvalue weighted by atomic mass is 16.2. The smallest absolute Gasteiger partial charge is 0.253 e. The molecule has 3 nitrogen and oxygen atoms in total. The highest BCUT2D eigenvalue weighted by molar-refractivity contribution is 5.95. The Kier molecular flexibility index (Phi) is 4.24. The summed E-state index contributed by atoms with van der Waals surface area (Å²) in [7, 11) is 0. The van der Waals surface area contributed by atoms with E-state index in [0.29, 0.717) is 0 Å². The van der Waals surface area contributed by atoms with Gasteiger partial charge < -0.3 is 10.2 Å². The molecule has 1 aromatic rings. The summed E-state index contributed by atoms with van der Waals surface area (Å²) in [6, 6.07) is 6.04. The Labute approximate surface area is 109 Å². The molecule has 3 heteroatoms. The van der Waals surface area contributed by atoms with Crippen molar-refractivity contribution in [1.29, 1.82) is 0 Å². The molecule has 1 heterocycles. The molecule has 0 saturated carbocycles. The fourth-order valence-corrected chi connectivity index (χ4v) is 2.36. The summed E-state index contributed by atoms with van der Waals surface area (Å²) >= 11 is 0. The van der Waals surface area contributed by atoms with E-state index < -0.39 is 0 Å². The third-order valence-corrected chi connectivity index (χ3v) is 3.52. The van der Waals surface area contributed by atoms with Crippen LogP contribution in [-0.2, 0) is 6.42 Å². The van der Waals surface area contributed by atoms with Crippen LogP contribution < -0.4 is 5.32 Å². The maximum atomic E-state index is 12.4. The zero-order valence-corrected chi connectivity index (χ0v) is 11.3. The van der Waals surface area contributed by atoms with Crippen LogP contribution in [0.15, 0.2) is 18.2 Å². The van der Waals surface area contributed by atoms with E-state index in [4.69, 9.17) is 0 Å². The summed E-state index contributed by atoms with van der Waals surface area (Å²) in [5, 5.41) is 3.32. The summed E-state index contributed by atoms with van der Waals surface area (Å²) in [5.74, 6) is 0.155. The van der Waals surface area contributed by atoms with Gasteiger partial charge in [0.15, 0.2) is 0 Å². The van der Waals surface area contributed by atoms with Crippen LogP contribution in [0, 0.1) is 0 Å². The average Bonchev–Trinajstić information content (AvgIpc) is 2.86. The molecular weight excluding hydrogens is 224 g/mol. The van der Waals surface area contributed by atoms with Crippen molar-refractivity contribution >= 4 is 11.6 Å². The van der Waals surface area contributed by atoms with Crippen LogP contribution in [0.3, 0.4) is 0 Å². The molecule has 18 heavy (non-hydrogen) atoms. The topological polar surface area (TPSA) is 32.3 Å². The van der Waals surface area contributed by atoms with Crippen molar-refractivity contribution in [2.75, 3.05) is 25.0 Å². The van der Waals surface area contributed by atoms with Gasteiger partial charge in [0.2, 0.25) is 0 Å². The second-order valence-corrected chi connectivity index (χ2v) is 4.79. The van der Waals surface area contributed by atoms with Gasteiger partial charge in [-0.05, 0) is 37.5 Å². The van der Waals surface area contributed by atoms with E-state index in [2.05, 4.69) is 18.3 Å². The van der Waals surface area contributed by atoms with Crippen molar-refractivity contribution in [3.05, 3.63) is 29.3 Å². The van der Waals surface area contributed by atoms with E-state index in [-0.39, 0.29) is 5.91 Å². The Hall–Kier alpha value is -1.51. The second-order valence-electron chi connectivity index (χ2n) is 4.79. The van der Waals surface area contributed by atoms with Crippen molar-refractivity contribution in [3.63, 3.8) is 0 Å². The first-order chi connectivity index (χ1) is 8.76. The minimum Gasteiger partial charge on any atom is -0.384 e. The van der Waals surface area contributed by atoms with Crippen molar-refractivity contribution < 1.29 is 4.79 Å². The highest BCUT2D eigenvalue weighted by Gasteiger charge is 2.17. The average molecular weight is 246 g/mol. The predicted molar refractivity (Wildman–Crippen MR) is 75.1 cm³/mol. The lowest BCUT2D eigenvalue weighted by molar-refractivity contribution is 0.0762. The molecule has 2 rings (SSSR count).